The molecule has 4 heteroatoms. The summed E-state index contributed by atoms with van der Waals surface area (Å²) in [5.74, 6) is -2.37. The Hall–Kier alpha value is -1.86. The summed E-state index contributed by atoms with van der Waals surface area (Å²) in [6, 6.07) is 10.7. The molecule has 0 aliphatic carbocycles. The highest BCUT2D eigenvalue weighted by Gasteiger charge is 2.08. The molecule has 0 bridgehead atoms. The van der Waals surface area contributed by atoms with Gasteiger partial charge in [-0.1, -0.05) is 37.3 Å². The molecule has 1 aromatic carbocycles. The van der Waals surface area contributed by atoms with Crippen molar-refractivity contribution in [3.8, 4) is 6.07 Å². The van der Waals surface area contributed by atoms with Gasteiger partial charge in [0.2, 0.25) is 0 Å². The van der Waals surface area contributed by atoms with E-state index in [1.54, 1.807) is 30.3 Å². The average Bonchev–Trinajstić information content (AvgIpc) is 2.37. The summed E-state index contributed by atoms with van der Waals surface area (Å²) < 4.78 is 0. The topological polar surface area (TPSA) is 76.0 Å². The van der Waals surface area contributed by atoms with Crippen molar-refractivity contribution >= 4 is 5.97 Å². The molecule has 0 saturated carbocycles. The average molecular weight is 233 g/mol. The Morgan fingerprint density at radius 3 is 2.35 bits per heavy atom. The molecule has 0 spiro atoms. The fraction of sp³-hybridized carbons (Fsp3) is 0.385. The van der Waals surface area contributed by atoms with Gasteiger partial charge in [-0.15, -0.1) is 0 Å². The Morgan fingerprint density at radius 1 is 1.47 bits per heavy atom. The highest BCUT2D eigenvalue weighted by Crippen LogP contribution is 2.06. The standard InChI is InChI=1S/C10H9NO2.C3H9N/c11-7-9(10(12)13)6-8-4-2-1-3-5-8;1-3-4-2/h1-5,9H,6H2,(H,12,13);4H,3H2,1-2H3/p-1. The van der Waals surface area contributed by atoms with Gasteiger partial charge in [0.25, 0.3) is 0 Å². The Labute approximate surface area is 102 Å². The molecule has 1 atom stereocenters. The maximum atomic E-state index is 10.4. The van der Waals surface area contributed by atoms with E-state index in [0.717, 1.165) is 12.1 Å². The number of nitrogens with one attached hydrogen (secondary N) is 1. The number of hydrogen-bond donors (Lipinski definition) is 1. The number of carbonyl (C=O) groups is 1. The number of carbonyl (C=O) groups excluding carboxylic acids is 1. The molecule has 1 aromatic rings. The summed E-state index contributed by atoms with van der Waals surface area (Å²) >= 11 is 0. The predicted octanol–water partition coefficient (Wildman–Crippen LogP) is 0.344. The molecular weight excluding hydrogens is 216 g/mol. The van der Waals surface area contributed by atoms with Gasteiger partial charge in [0.15, 0.2) is 0 Å². The van der Waals surface area contributed by atoms with Crippen molar-refractivity contribution in [3.63, 3.8) is 0 Å². The summed E-state index contributed by atoms with van der Waals surface area (Å²) in [7, 11) is 1.93. The third kappa shape index (κ3) is 7.09. The molecular formula is C13H17N2O2-. The third-order valence-electron chi connectivity index (χ3n) is 2.08. The van der Waals surface area contributed by atoms with Gasteiger partial charge in [0.1, 0.15) is 0 Å². The Kier molecular flexibility index (Phi) is 8.35. The largest absolute Gasteiger partial charge is 0.549 e. The smallest absolute Gasteiger partial charge is 0.0898 e. The molecule has 0 amide bonds. The molecule has 1 N–H and O–H groups in total. The molecule has 4 nitrogen and oxygen atoms in total. The molecule has 1 unspecified atom stereocenters. The van der Waals surface area contributed by atoms with E-state index >= 15 is 0 Å². The van der Waals surface area contributed by atoms with Crippen LogP contribution in [-0.4, -0.2) is 19.6 Å². The fourth-order valence-corrected chi connectivity index (χ4v) is 1.03. The van der Waals surface area contributed by atoms with Crippen LogP contribution < -0.4 is 10.4 Å². The van der Waals surface area contributed by atoms with Crippen LogP contribution in [0.15, 0.2) is 30.3 Å². The van der Waals surface area contributed by atoms with Crippen LogP contribution in [0.3, 0.4) is 0 Å². The minimum Gasteiger partial charge on any atom is -0.549 e. The van der Waals surface area contributed by atoms with E-state index in [1.807, 2.05) is 13.1 Å². The van der Waals surface area contributed by atoms with Gasteiger partial charge < -0.3 is 15.2 Å². The number of nitriles is 1. The number of carboxylic acids is 1. The van der Waals surface area contributed by atoms with Crippen LogP contribution in [0, 0.1) is 17.2 Å². The number of rotatable bonds is 4. The highest BCUT2D eigenvalue weighted by atomic mass is 16.4. The van der Waals surface area contributed by atoms with Crippen LogP contribution in [0.4, 0.5) is 0 Å². The van der Waals surface area contributed by atoms with E-state index < -0.39 is 11.9 Å². The van der Waals surface area contributed by atoms with Crippen molar-refractivity contribution in [1.82, 2.24) is 5.32 Å². The van der Waals surface area contributed by atoms with Crippen molar-refractivity contribution in [2.75, 3.05) is 13.6 Å². The van der Waals surface area contributed by atoms with Crippen molar-refractivity contribution in [2.24, 2.45) is 5.92 Å². The lowest BCUT2D eigenvalue weighted by atomic mass is 10.0. The first-order valence-electron chi connectivity index (χ1n) is 5.44. The fourth-order valence-electron chi connectivity index (χ4n) is 1.03. The van der Waals surface area contributed by atoms with E-state index in [0.29, 0.717) is 0 Å². The third-order valence-corrected chi connectivity index (χ3v) is 2.08. The van der Waals surface area contributed by atoms with Gasteiger partial charge in [-0.25, -0.2) is 0 Å². The van der Waals surface area contributed by atoms with Gasteiger partial charge in [-0.2, -0.15) is 5.26 Å². The first kappa shape index (κ1) is 15.1. The monoisotopic (exact) mass is 233 g/mol. The SMILES string of the molecule is CCNC.N#CC(Cc1ccccc1)C(=O)[O-]. The van der Waals surface area contributed by atoms with E-state index in [1.165, 1.54) is 0 Å². The molecule has 0 fully saturated rings. The van der Waals surface area contributed by atoms with E-state index in [9.17, 15) is 9.90 Å². The zero-order chi connectivity index (χ0) is 13.1. The maximum absolute atomic E-state index is 10.4. The molecule has 17 heavy (non-hydrogen) atoms. The summed E-state index contributed by atoms with van der Waals surface area (Å²) in [6.45, 7) is 3.14. The van der Waals surface area contributed by atoms with Gasteiger partial charge in [-0.3, -0.25) is 0 Å². The van der Waals surface area contributed by atoms with Crippen molar-refractivity contribution in [3.05, 3.63) is 35.9 Å². The zero-order valence-electron chi connectivity index (χ0n) is 10.1. The number of carboxylic acid groups (broad SMARTS) is 1. The lowest BCUT2D eigenvalue weighted by molar-refractivity contribution is -0.309. The Balaban J connectivity index is 0.000000557. The van der Waals surface area contributed by atoms with Crippen molar-refractivity contribution < 1.29 is 9.90 Å². The maximum Gasteiger partial charge on any atom is 0.0898 e. The Bertz CT molecular complexity index is 355. The molecule has 0 saturated heterocycles. The molecule has 0 aliphatic heterocycles. The summed E-state index contributed by atoms with van der Waals surface area (Å²) in [6.07, 6.45) is 0.208. The van der Waals surface area contributed by atoms with Crippen molar-refractivity contribution in [2.45, 2.75) is 13.3 Å². The quantitative estimate of drug-likeness (QED) is 0.814. The second-order valence-corrected chi connectivity index (χ2v) is 3.40. The highest BCUT2D eigenvalue weighted by molar-refractivity contribution is 5.71. The zero-order valence-corrected chi connectivity index (χ0v) is 10.1. The normalized spacial score (nSPS) is 10.6. The Morgan fingerprint density at radius 2 is 2.00 bits per heavy atom. The van der Waals surface area contributed by atoms with Crippen LogP contribution in [-0.2, 0) is 11.2 Å². The summed E-state index contributed by atoms with van der Waals surface area (Å²) in [5.41, 5.74) is 0.832. The number of nitrogens with zero attached hydrogens (tertiary/aromatic N) is 1. The number of aliphatic carboxylic acids is 1. The van der Waals surface area contributed by atoms with Crippen LogP contribution in [0.5, 0.6) is 0 Å². The lowest BCUT2D eigenvalue weighted by Crippen LogP contribution is -2.31. The van der Waals surface area contributed by atoms with Crippen LogP contribution >= 0.6 is 0 Å². The van der Waals surface area contributed by atoms with Crippen LogP contribution in [0.1, 0.15) is 12.5 Å². The van der Waals surface area contributed by atoms with Gasteiger partial charge in [-0.05, 0) is 25.6 Å². The number of benzene rings is 1. The lowest BCUT2D eigenvalue weighted by Gasteiger charge is -2.08. The first-order valence-corrected chi connectivity index (χ1v) is 5.44. The minimum absolute atomic E-state index is 0.208. The predicted molar refractivity (Wildman–Crippen MR) is 63.9 cm³/mol. The summed E-state index contributed by atoms with van der Waals surface area (Å²) in [4.78, 5) is 10.4. The van der Waals surface area contributed by atoms with Gasteiger partial charge >= 0.3 is 0 Å². The van der Waals surface area contributed by atoms with Crippen LogP contribution in [0.25, 0.3) is 0 Å². The number of hydrogen-bond acceptors (Lipinski definition) is 4. The molecule has 0 radical (unpaired) electrons. The first-order chi connectivity index (χ1) is 8.15. The van der Waals surface area contributed by atoms with Crippen LogP contribution in [0.2, 0.25) is 0 Å². The van der Waals surface area contributed by atoms with Crippen molar-refractivity contribution in [1.29, 1.82) is 5.26 Å². The molecule has 92 valence electrons. The van der Waals surface area contributed by atoms with E-state index in [2.05, 4.69) is 12.2 Å². The van der Waals surface area contributed by atoms with E-state index in [4.69, 9.17) is 5.26 Å². The molecule has 1 rings (SSSR count). The second-order valence-electron chi connectivity index (χ2n) is 3.40. The second kappa shape index (κ2) is 9.37. The van der Waals surface area contributed by atoms with E-state index in [-0.39, 0.29) is 6.42 Å². The summed E-state index contributed by atoms with van der Waals surface area (Å²) in [5, 5.41) is 21.8. The minimum atomic E-state index is -1.31. The molecule has 0 heterocycles. The molecule has 0 aliphatic rings. The van der Waals surface area contributed by atoms with Gasteiger partial charge in [0.05, 0.1) is 18.0 Å². The van der Waals surface area contributed by atoms with Gasteiger partial charge in [0, 0.05) is 0 Å². The molecule has 0 aromatic heterocycles.